The van der Waals surface area contributed by atoms with E-state index in [-0.39, 0.29) is 50.2 Å². The number of aliphatic imine (C=N–C) groups is 2. The molecule has 0 fully saturated rings. The maximum absolute atomic E-state index is 13.1. The monoisotopic (exact) mass is 514 g/mol. The molecule has 15 nitrogen and oxygen atoms in total. The van der Waals surface area contributed by atoms with Gasteiger partial charge in [0.2, 0.25) is 17.7 Å². The van der Waals surface area contributed by atoms with E-state index in [1.165, 1.54) is 6.92 Å². The average molecular weight is 515 g/mol. The zero-order chi connectivity index (χ0) is 27.8. The Hall–Kier alpha value is -3.62. The minimum absolute atomic E-state index is 0.00405. The van der Waals surface area contributed by atoms with Crippen LogP contribution in [-0.4, -0.2) is 78.0 Å². The van der Waals surface area contributed by atoms with Gasteiger partial charge in [0, 0.05) is 13.1 Å². The molecule has 3 amide bonds. The van der Waals surface area contributed by atoms with Gasteiger partial charge in [-0.25, -0.2) is 4.79 Å². The minimum Gasteiger partial charge on any atom is -0.480 e. The molecule has 0 saturated carbocycles. The molecule has 4 unspecified atom stereocenters. The molecule has 14 N–H and O–H groups in total. The average Bonchev–Trinajstić information content (AvgIpc) is 2.76. The largest absolute Gasteiger partial charge is 0.480 e. The number of carbonyl (C=O) groups excluding carboxylic acids is 3. The lowest BCUT2D eigenvalue weighted by molar-refractivity contribution is -0.142. The van der Waals surface area contributed by atoms with Crippen LogP contribution in [-0.2, 0) is 19.2 Å². The van der Waals surface area contributed by atoms with Gasteiger partial charge in [-0.3, -0.25) is 24.4 Å². The number of carbonyl (C=O) groups is 4. The maximum atomic E-state index is 13.1. The second kappa shape index (κ2) is 16.9. The molecule has 0 aromatic heterocycles. The van der Waals surface area contributed by atoms with E-state index in [1.807, 2.05) is 13.8 Å². The van der Waals surface area contributed by atoms with Crippen molar-refractivity contribution in [3.05, 3.63) is 0 Å². The van der Waals surface area contributed by atoms with Crippen molar-refractivity contribution in [2.75, 3.05) is 13.1 Å². The summed E-state index contributed by atoms with van der Waals surface area (Å²) < 4.78 is 0. The first kappa shape index (κ1) is 32.4. The molecule has 0 spiro atoms. The summed E-state index contributed by atoms with van der Waals surface area (Å²) in [5.74, 6) is -3.31. The lowest BCUT2D eigenvalue weighted by Crippen LogP contribution is -2.57. The van der Waals surface area contributed by atoms with Crippen molar-refractivity contribution in [1.82, 2.24) is 16.0 Å². The summed E-state index contributed by atoms with van der Waals surface area (Å²) >= 11 is 0. The Morgan fingerprint density at radius 2 is 1.11 bits per heavy atom. The number of rotatable bonds is 17. The maximum Gasteiger partial charge on any atom is 0.326 e. The molecule has 0 aromatic carbocycles. The van der Waals surface area contributed by atoms with Crippen molar-refractivity contribution in [2.24, 2.45) is 44.6 Å². The quantitative estimate of drug-likeness (QED) is 0.0539. The minimum atomic E-state index is -1.19. The normalized spacial score (nSPS) is 14.0. The number of guanidine groups is 2. The van der Waals surface area contributed by atoms with Crippen LogP contribution in [0.1, 0.15) is 52.9 Å². The molecule has 36 heavy (non-hydrogen) atoms. The van der Waals surface area contributed by atoms with Crippen LogP contribution in [0.2, 0.25) is 0 Å². The molecule has 0 rings (SSSR count). The molecular weight excluding hydrogens is 472 g/mol. The second-order valence-corrected chi connectivity index (χ2v) is 8.84. The van der Waals surface area contributed by atoms with Crippen molar-refractivity contribution in [3.63, 3.8) is 0 Å². The van der Waals surface area contributed by atoms with Crippen LogP contribution in [0.3, 0.4) is 0 Å². The number of amides is 3. The first-order valence-corrected chi connectivity index (χ1v) is 11.7. The zero-order valence-electron chi connectivity index (χ0n) is 21.2. The van der Waals surface area contributed by atoms with Gasteiger partial charge in [0.05, 0.1) is 6.04 Å². The molecule has 15 heteroatoms. The van der Waals surface area contributed by atoms with Crippen LogP contribution in [0.5, 0.6) is 0 Å². The number of carboxylic acid groups (broad SMARTS) is 1. The van der Waals surface area contributed by atoms with Crippen molar-refractivity contribution < 1.29 is 24.3 Å². The number of nitrogens with two attached hydrogens (primary N) is 5. The Labute approximate surface area is 211 Å². The number of nitrogens with zero attached hydrogens (tertiary/aromatic N) is 2. The van der Waals surface area contributed by atoms with E-state index in [0.717, 1.165) is 0 Å². The van der Waals surface area contributed by atoms with Gasteiger partial charge in [-0.2, -0.15) is 0 Å². The number of nitrogens with one attached hydrogen (secondary N) is 3. The van der Waals surface area contributed by atoms with Gasteiger partial charge < -0.3 is 49.7 Å². The standard InChI is InChI=1S/C21H42N10O5/c1-11(2)10-15(19(35)36)31-18(34)14(7-5-9-28-21(25)26)30-17(33)13(29-16(32)12(3)22)6-4-8-27-20(23)24/h11-15H,4-10,22H2,1-3H3,(H,29,32)(H,30,33)(H,31,34)(H,35,36)(H4,23,24,27)(H4,25,26,28). The number of carboxylic acids is 1. The predicted molar refractivity (Wildman–Crippen MR) is 136 cm³/mol. The van der Waals surface area contributed by atoms with Gasteiger partial charge in [0.15, 0.2) is 11.9 Å². The Bertz CT molecular complexity index is 792. The van der Waals surface area contributed by atoms with E-state index < -0.39 is 47.9 Å². The fourth-order valence-electron chi connectivity index (χ4n) is 3.09. The fourth-order valence-corrected chi connectivity index (χ4v) is 3.09. The number of aliphatic carboxylic acids is 1. The van der Waals surface area contributed by atoms with Crippen molar-refractivity contribution in [1.29, 1.82) is 0 Å². The van der Waals surface area contributed by atoms with Crippen LogP contribution in [0.15, 0.2) is 9.98 Å². The summed E-state index contributed by atoms with van der Waals surface area (Å²) in [6, 6.07) is -4.14. The summed E-state index contributed by atoms with van der Waals surface area (Å²) in [5, 5.41) is 17.1. The molecule has 4 atom stereocenters. The van der Waals surface area contributed by atoms with Crippen molar-refractivity contribution in [3.8, 4) is 0 Å². The summed E-state index contributed by atoms with van der Waals surface area (Å²) in [7, 11) is 0. The van der Waals surface area contributed by atoms with E-state index in [1.54, 1.807) is 0 Å². The molecule has 0 bridgehead atoms. The van der Waals surface area contributed by atoms with E-state index in [9.17, 15) is 24.3 Å². The second-order valence-electron chi connectivity index (χ2n) is 8.84. The van der Waals surface area contributed by atoms with Crippen molar-refractivity contribution in [2.45, 2.75) is 77.0 Å². The zero-order valence-corrected chi connectivity index (χ0v) is 21.2. The smallest absolute Gasteiger partial charge is 0.326 e. The van der Waals surface area contributed by atoms with E-state index in [2.05, 4.69) is 25.9 Å². The Kier molecular flexibility index (Phi) is 15.2. The molecule has 0 aromatic rings. The van der Waals surface area contributed by atoms with Gasteiger partial charge in [-0.15, -0.1) is 0 Å². The van der Waals surface area contributed by atoms with Crippen LogP contribution in [0.25, 0.3) is 0 Å². The van der Waals surface area contributed by atoms with Crippen molar-refractivity contribution >= 4 is 35.6 Å². The fraction of sp³-hybridized carbons (Fsp3) is 0.714. The first-order valence-electron chi connectivity index (χ1n) is 11.7. The molecule has 0 heterocycles. The molecule has 0 aliphatic rings. The highest BCUT2D eigenvalue weighted by atomic mass is 16.4. The van der Waals surface area contributed by atoms with E-state index in [0.29, 0.717) is 12.8 Å². The predicted octanol–water partition coefficient (Wildman–Crippen LogP) is -2.97. The topological polar surface area (TPSA) is 279 Å². The van der Waals surface area contributed by atoms with Gasteiger partial charge in [-0.1, -0.05) is 13.8 Å². The molecule has 0 aliphatic heterocycles. The van der Waals surface area contributed by atoms with Gasteiger partial charge in [-0.05, 0) is 44.9 Å². The Morgan fingerprint density at radius 3 is 1.44 bits per heavy atom. The van der Waals surface area contributed by atoms with Crippen LogP contribution >= 0.6 is 0 Å². The number of hydrogen-bond donors (Lipinski definition) is 9. The highest BCUT2D eigenvalue weighted by molar-refractivity contribution is 5.94. The van der Waals surface area contributed by atoms with Gasteiger partial charge in [0.25, 0.3) is 0 Å². The lowest BCUT2D eigenvalue weighted by atomic mass is 10.0. The third kappa shape index (κ3) is 14.6. The summed E-state index contributed by atoms with van der Waals surface area (Å²) in [6.07, 6.45) is 1.15. The van der Waals surface area contributed by atoms with Crippen LogP contribution < -0.4 is 44.6 Å². The molecule has 206 valence electrons. The van der Waals surface area contributed by atoms with E-state index >= 15 is 0 Å². The highest BCUT2D eigenvalue weighted by Gasteiger charge is 2.30. The third-order valence-corrected chi connectivity index (χ3v) is 4.89. The lowest BCUT2D eigenvalue weighted by Gasteiger charge is -2.25. The van der Waals surface area contributed by atoms with Gasteiger partial charge >= 0.3 is 5.97 Å². The highest BCUT2D eigenvalue weighted by Crippen LogP contribution is 2.08. The Balaban J connectivity index is 5.62. The Morgan fingerprint density at radius 1 is 0.722 bits per heavy atom. The summed E-state index contributed by atoms with van der Waals surface area (Å²) in [4.78, 5) is 57.5. The van der Waals surface area contributed by atoms with Crippen LogP contribution in [0, 0.1) is 5.92 Å². The number of hydrogen-bond acceptors (Lipinski definition) is 7. The first-order chi connectivity index (χ1) is 16.7. The van der Waals surface area contributed by atoms with Gasteiger partial charge in [0.1, 0.15) is 18.1 Å². The molecule has 0 radical (unpaired) electrons. The molecule has 0 saturated heterocycles. The summed E-state index contributed by atoms with van der Waals surface area (Å²) in [5.41, 5.74) is 26.9. The molecule has 0 aliphatic carbocycles. The SMILES string of the molecule is CC(C)CC(NC(=O)C(CCCN=C(N)N)NC(=O)C(CCCN=C(N)N)NC(=O)C(C)N)C(=O)O. The third-order valence-electron chi connectivity index (χ3n) is 4.89. The van der Waals surface area contributed by atoms with Crippen LogP contribution in [0.4, 0.5) is 0 Å². The summed E-state index contributed by atoms with van der Waals surface area (Å²) in [6.45, 7) is 5.53. The molecular formula is C21H42N10O5. The van der Waals surface area contributed by atoms with E-state index in [4.69, 9.17) is 28.7 Å².